The lowest BCUT2D eigenvalue weighted by molar-refractivity contribution is 0.426. The van der Waals surface area contributed by atoms with Gasteiger partial charge in [-0.15, -0.1) is 0 Å². The Morgan fingerprint density at radius 1 is 0.241 bits per heavy atom. The van der Waals surface area contributed by atoms with E-state index >= 15 is 0 Å². The molecule has 0 saturated heterocycles. The molecular weight excluding hydrogens is 1390 g/mol. The number of pyridine rings is 4. The highest BCUT2D eigenvalue weighted by molar-refractivity contribution is 6.58. The van der Waals surface area contributed by atoms with Crippen molar-refractivity contribution < 1.29 is 10.0 Å². The minimum Gasteiger partial charge on any atom is -0.423 e. The van der Waals surface area contributed by atoms with Gasteiger partial charge in [-0.25, -0.2) is 39.9 Å². The highest BCUT2D eigenvalue weighted by Crippen LogP contribution is 2.40. The van der Waals surface area contributed by atoms with Gasteiger partial charge < -0.3 is 10.0 Å². The van der Waals surface area contributed by atoms with Crippen LogP contribution in [0.5, 0.6) is 0 Å². The van der Waals surface area contributed by atoms with Gasteiger partial charge in [-0.05, 0) is 98.5 Å². The minimum atomic E-state index is -1.47. The van der Waals surface area contributed by atoms with Gasteiger partial charge in [0.2, 0.25) is 0 Å². The zero-order valence-electron chi connectivity index (χ0n) is 62.9. The molecule has 6 aromatic heterocycles. The topological polar surface area (TPSA) is 144 Å². The van der Waals surface area contributed by atoms with Gasteiger partial charge in [-0.3, -0.25) is 0 Å². The molecule has 0 aliphatic carbocycles. The summed E-state index contributed by atoms with van der Waals surface area (Å²) in [5.74, 6) is 1.38. The Labute approximate surface area is 657 Å². The number of aromatic nitrogens is 8. The largest absolute Gasteiger partial charge is 0.488 e. The summed E-state index contributed by atoms with van der Waals surface area (Å²) in [5, 5.41) is 23.5. The van der Waals surface area contributed by atoms with Crippen molar-refractivity contribution in [1.82, 2.24) is 39.9 Å². The van der Waals surface area contributed by atoms with E-state index in [0.29, 0.717) is 22.3 Å². The van der Waals surface area contributed by atoms with E-state index in [1.54, 1.807) is 12.1 Å². The summed E-state index contributed by atoms with van der Waals surface area (Å²) in [7, 11) is -1.47. The van der Waals surface area contributed by atoms with Crippen molar-refractivity contribution in [3.05, 3.63) is 368 Å². The Hall–Kier alpha value is -13.3. The maximum absolute atomic E-state index is 9.36. The molecule has 0 aliphatic heterocycles. The quantitative estimate of drug-likeness (QED) is 0.0689. The van der Waals surface area contributed by atoms with Crippen molar-refractivity contribution >= 4 is 67.8 Å². The SMILES string of the molecule is CC(C)(C)c1ccc2ccc3c(-c4ccccc4)cc(-c4ccc(-c5cccc(-c6cc(-c7ccccc7)nc(-c7ccccc7)n6)c5)cc4)nc3c2n1.CC(C)(C)c1ccc2ccc3c(-c4ccccc4)cc(Cl)nc3c2n1.OB(O)c1ccc(-c2cccc(-c3cc(-c4ccccc4)nc(-c4ccccc4)n3)c2)cc1. The van der Waals surface area contributed by atoms with Gasteiger partial charge in [0.05, 0.1) is 50.5 Å². The molecule has 0 amide bonds. The van der Waals surface area contributed by atoms with E-state index in [-0.39, 0.29) is 10.8 Å². The summed E-state index contributed by atoms with van der Waals surface area (Å²) in [5.41, 5.74) is 26.3. The minimum absolute atomic E-state index is 0.0167. The lowest BCUT2D eigenvalue weighted by Crippen LogP contribution is -2.29. The fraction of sp³-hybridized carbons (Fsp3) is 0.0800. The second-order valence-corrected chi connectivity index (χ2v) is 30.2. The first-order chi connectivity index (χ1) is 54.5. The molecule has 112 heavy (non-hydrogen) atoms. The third kappa shape index (κ3) is 16.1. The molecule has 540 valence electrons. The molecule has 12 heteroatoms. The second-order valence-electron chi connectivity index (χ2n) is 29.9. The average molecular weight is 1470 g/mol. The number of fused-ring (bicyclic) bond motifs is 6. The standard InChI is InChI=1S/C50H38N4.C28H21BN2O2.C22H19ClN2/c1-50(2,3)46-29-27-37-26-28-41-42(34-14-7-4-8-15-34)31-43(51-48(41)47(37)54-46)36-24-22-33(23-25-36)39-20-13-21-40(30-39)45-32-44(35-16-9-5-10-17-35)52-49(53-45)38-18-11-6-12-19-38;32-29(33)25-16-14-20(15-17-25)23-12-7-13-24(18-23)27-19-26(21-8-3-1-4-9-21)30-28(31-27)22-10-5-2-6-11-22;1-22(2,3)18-12-10-15-9-11-16-17(14-7-5-4-6-8-14)13-19(23)25-21(16)20(15)24-18/h4-32H,1-3H3;1-19,32-33H;4-13H,1-3H3. The molecule has 12 aromatic carbocycles. The van der Waals surface area contributed by atoms with E-state index in [1.165, 1.54) is 0 Å². The Morgan fingerprint density at radius 3 is 0.955 bits per heavy atom. The first kappa shape index (κ1) is 72.9. The van der Waals surface area contributed by atoms with Gasteiger partial charge in [-0.2, -0.15) is 0 Å². The number of hydrogen-bond acceptors (Lipinski definition) is 10. The first-order valence-electron chi connectivity index (χ1n) is 37.5. The van der Waals surface area contributed by atoms with Crippen LogP contribution in [0.3, 0.4) is 0 Å². The molecule has 0 spiro atoms. The Kier molecular flexibility index (Phi) is 20.7. The predicted molar refractivity (Wildman–Crippen MR) is 464 cm³/mol. The molecule has 6 heterocycles. The molecule has 0 unspecified atom stereocenters. The van der Waals surface area contributed by atoms with Crippen molar-refractivity contribution in [3.8, 4) is 124 Å². The van der Waals surface area contributed by atoms with Crippen molar-refractivity contribution in [3.63, 3.8) is 0 Å². The average Bonchev–Trinajstić information content (AvgIpc) is 0.754. The van der Waals surface area contributed by atoms with Crippen LogP contribution in [-0.2, 0) is 10.8 Å². The summed E-state index contributed by atoms with van der Waals surface area (Å²) in [6.07, 6.45) is 0. The second kappa shape index (κ2) is 31.7. The van der Waals surface area contributed by atoms with E-state index in [0.717, 1.165) is 167 Å². The van der Waals surface area contributed by atoms with Gasteiger partial charge in [0.25, 0.3) is 0 Å². The molecule has 18 rings (SSSR count). The van der Waals surface area contributed by atoms with Crippen LogP contribution < -0.4 is 5.46 Å². The normalized spacial score (nSPS) is 11.4. The fourth-order valence-electron chi connectivity index (χ4n) is 13.9. The Morgan fingerprint density at radius 2 is 0.554 bits per heavy atom. The lowest BCUT2D eigenvalue weighted by atomic mass is 9.80. The lowest BCUT2D eigenvalue weighted by Gasteiger charge is -2.19. The van der Waals surface area contributed by atoms with Crippen LogP contribution in [0.1, 0.15) is 52.9 Å². The summed E-state index contributed by atoms with van der Waals surface area (Å²) < 4.78 is 0. The number of nitrogens with zero attached hydrogens (tertiary/aromatic N) is 8. The maximum Gasteiger partial charge on any atom is 0.488 e. The van der Waals surface area contributed by atoms with Crippen LogP contribution in [0.15, 0.2) is 352 Å². The molecule has 18 aromatic rings. The number of benzene rings is 12. The van der Waals surface area contributed by atoms with E-state index in [9.17, 15) is 10.0 Å². The summed E-state index contributed by atoms with van der Waals surface area (Å²) in [6, 6.07) is 119. The van der Waals surface area contributed by atoms with Crippen LogP contribution in [0.25, 0.3) is 167 Å². The molecule has 0 fully saturated rings. The zero-order chi connectivity index (χ0) is 76.9. The van der Waals surface area contributed by atoms with Crippen molar-refractivity contribution in [2.24, 2.45) is 0 Å². The van der Waals surface area contributed by atoms with Gasteiger partial charge in [0, 0.05) is 82.7 Å². The van der Waals surface area contributed by atoms with Crippen LogP contribution in [0.4, 0.5) is 0 Å². The molecular formula is C100H78BClN8O2. The van der Waals surface area contributed by atoms with Gasteiger partial charge >= 0.3 is 7.12 Å². The summed E-state index contributed by atoms with van der Waals surface area (Å²) >= 11 is 6.36. The summed E-state index contributed by atoms with van der Waals surface area (Å²) in [4.78, 5) is 39.9. The third-order valence-electron chi connectivity index (χ3n) is 20.0. The third-order valence-corrected chi connectivity index (χ3v) is 20.2. The molecule has 0 bridgehead atoms. The van der Waals surface area contributed by atoms with E-state index < -0.39 is 7.12 Å². The zero-order valence-corrected chi connectivity index (χ0v) is 63.7. The molecule has 0 aliphatic rings. The number of rotatable bonds is 12. The monoisotopic (exact) mass is 1470 g/mol. The van der Waals surface area contributed by atoms with Gasteiger partial charge in [-0.1, -0.05) is 356 Å². The molecule has 0 saturated carbocycles. The fourth-order valence-corrected chi connectivity index (χ4v) is 14.1. The molecule has 2 N–H and O–H groups in total. The van der Waals surface area contributed by atoms with Crippen LogP contribution in [-0.4, -0.2) is 57.0 Å². The smallest absolute Gasteiger partial charge is 0.423 e. The molecule has 0 radical (unpaired) electrons. The van der Waals surface area contributed by atoms with E-state index in [4.69, 9.17) is 46.5 Å². The number of hydrogen-bond donors (Lipinski definition) is 2. The van der Waals surface area contributed by atoms with Gasteiger partial charge in [0.1, 0.15) is 5.15 Å². The van der Waals surface area contributed by atoms with Crippen LogP contribution in [0.2, 0.25) is 5.15 Å². The Balaban J connectivity index is 0.000000139. The summed E-state index contributed by atoms with van der Waals surface area (Å²) in [6.45, 7) is 13.1. The maximum atomic E-state index is 9.36. The molecule has 0 atom stereocenters. The van der Waals surface area contributed by atoms with Crippen LogP contribution >= 0.6 is 11.6 Å². The molecule has 10 nitrogen and oxygen atoms in total. The first-order valence-corrected chi connectivity index (χ1v) is 37.9. The highest BCUT2D eigenvalue weighted by atomic mass is 35.5. The van der Waals surface area contributed by atoms with Crippen molar-refractivity contribution in [1.29, 1.82) is 0 Å². The van der Waals surface area contributed by atoms with Crippen molar-refractivity contribution in [2.45, 2.75) is 52.4 Å². The predicted octanol–water partition coefficient (Wildman–Crippen LogP) is 24.1. The van der Waals surface area contributed by atoms with E-state index in [1.807, 2.05) is 146 Å². The van der Waals surface area contributed by atoms with Gasteiger partial charge in [0.15, 0.2) is 11.6 Å². The van der Waals surface area contributed by atoms with Crippen LogP contribution in [0, 0.1) is 0 Å². The highest BCUT2D eigenvalue weighted by Gasteiger charge is 2.22. The van der Waals surface area contributed by atoms with Crippen molar-refractivity contribution in [2.75, 3.05) is 0 Å². The Bertz CT molecular complexity index is 6290. The number of halogens is 1. The van der Waals surface area contributed by atoms with E-state index in [2.05, 4.69) is 241 Å².